The lowest BCUT2D eigenvalue weighted by Crippen LogP contribution is -2.50. The first-order valence-corrected chi connectivity index (χ1v) is 11.2. The third kappa shape index (κ3) is 3.54. The summed E-state index contributed by atoms with van der Waals surface area (Å²) in [5, 5.41) is 0. The number of fused-ring (bicyclic) bond motifs is 2. The van der Waals surface area contributed by atoms with E-state index in [0.717, 1.165) is 38.8 Å². The number of anilines is 1. The Balaban J connectivity index is 1.23. The maximum Gasteiger partial charge on any atom is 0.226 e. The van der Waals surface area contributed by atoms with E-state index in [-0.39, 0.29) is 5.92 Å². The van der Waals surface area contributed by atoms with Crippen molar-refractivity contribution in [1.29, 1.82) is 0 Å². The van der Waals surface area contributed by atoms with Gasteiger partial charge in [0.15, 0.2) is 0 Å². The largest absolute Gasteiger partial charge is 0.371 e. The number of hydrogen-bond acceptors (Lipinski definition) is 3. The highest BCUT2D eigenvalue weighted by Gasteiger charge is 2.45. The average molecular weight is 390 g/mol. The Bertz CT molecular complexity index is 845. The van der Waals surface area contributed by atoms with Crippen LogP contribution in [0.15, 0.2) is 48.8 Å². The van der Waals surface area contributed by atoms with Crippen LogP contribution in [0, 0.1) is 12.8 Å². The maximum absolute atomic E-state index is 13.5. The summed E-state index contributed by atoms with van der Waals surface area (Å²) >= 11 is 0. The number of carbonyl (C=O) groups is 1. The van der Waals surface area contributed by atoms with Gasteiger partial charge >= 0.3 is 0 Å². The van der Waals surface area contributed by atoms with Crippen molar-refractivity contribution >= 4 is 11.6 Å². The van der Waals surface area contributed by atoms with Crippen LogP contribution in [0.5, 0.6) is 0 Å². The van der Waals surface area contributed by atoms with E-state index < -0.39 is 0 Å². The highest BCUT2D eigenvalue weighted by Crippen LogP contribution is 2.44. The van der Waals surface area contributed by atoms with Gasteiger partial charge in [0.25, 0.3) is 0 Å². The molecule has 1 aromatic heterocycles. The van der Waals surface area contributed by atoms with Crippen molar-refractivity contribution in [2.24, 2.45) is 5.92 Å². The first-order valence-electron chi connectivity index (χ1n) is 11.2. The number of nitrogens with zero attached hydrogens (tertiary/aromatic N) is 3. The summed E-state index contributed by atoms with van der Waals surface area (Å²) in [7, 11) is 0. The van der Waals surface area contributed by atoms with Crippen LogP contribution in [0.2, 0.25) is 0 Å². The van der Waals surface area contributed by atoms with Crippen LogP contribution in [0.3, 0.4) is 0 Å². The second-order valence-corrected chi connectivity index (χ2v) is 9.13. The van der Waals surface area contributed by atoms with Crippen LogP contribution in [0.1, 0.15) is 55.6 Å². The third-order valence-electron chi connectivity index (χ3n) is 7.43. The number of piperidine rings is 2. The summed E-state index contributed by atoms with van der Waals surface area (Å²) < 4.78 is 0. The first-order chi connectivity index (χ1) is 14.2. The van der Waals surface area contributed by atoms with E-state index in [9.17, 15) is 4.79 Å². The molecular formula is C25H31N3O. The molecule has 2 aromatic rings. The van der Waals surface area contributed by atoms with E-state index in [1.54, 1.807) is 0 Å². The highest BCUT2D eigenvalue weighted by atomic mass is 16.2. The number of rotatable bonds is 3. The second-order valence-electron chi connectivity index (χ2n) is 9.13. The van der Waals surface area contributed by atoms with Gasteiger partial charge in [0, 0.05) is 49.2 Å². The highest BCUT2D eigenvalue weighted by molar-refractivity contribution is 5.80. The van der Waals surface area contributed by atoms with Crippen molar-refractivity contribution in [3.05, 3.63) is 59.9 Å². The molecule has 0 radical (unpaired) electrons. The molecule has 1 amide bonds. The van der Waals surface area contributed by atoms with E-state index in [2.05, 4.69) is 58.1 Å². The predicted octanol–water partition coefficient (Wildman–Crippen LogP) is 4.54. The summed E-state index contributed by atoms with van der Waals surface area (Å²) in [6, 6.07) is 13.9. The fraction of sp³-hybridized carbons (Fsp3) is 0.520. The Kier molecular flexibility index (Phi) is 5.03. The lowest BCUT2D eigenvalue weighted by Gasteiger charge is -2.42. The molecule has 0 aliphatic carbocycles. The van der Waals surface area contributed by atoms with Crippen LogP contribution >= 0.6 is 0 Å². The van der Waals surface area contributed by atoms with Gasteiger partial charge in [-0.15, -0.1) is 0 Å². The minimum absolute atomic E-state index is 0.199. The fourth-order valence-electron chi connectivity index (χ4n) is 5.93. The van der Waals surface area contributed by atoms with Crippen molar-refractivity contribution in [3.63, 3.8) is 0 Å². The average Bonchev–Trinajstić information content (AvgIpc) is 3.03. The molecule has 4 heterocycles. The first kappa shape index (κ1) is 18.7. The van der Waals surface area contributed by atoms with Gasteiger partial charge in [-0.2, -0.15) is 0 Å². The molecule has 3 atom stereocenters. The molecule has 1 aromatic carbocycles. The molecule has 0 saturated carbocycles. The molecule has 4 nitrogen and oxygen atoms in total. The molecule has 0 N–H and O–H groups in total. The monoisotopic (exact) mass is 389 g/mol. The zero-order valence-electron chi connectivity index (χ0n) is 17.3. The number of amides is 1. The standard InChI is InChI=1S/C25H31N3O/c1-18-17-26-12-9-24(18)27-13-10-20(11-14-27)25(29)28-22-7-8-23(28)16-21(15-22)19-5-3-2-4-6-19/h2-6,9,12,17,20-23H,7-8,10-11,13-16H2,1H3/t21?,22-,23+. The second kappa shape index (κ2) is 7.81. The van der Waals surface area contributed by atoms with Crippen LogP contribution in [0.4, 0.5) is 5.69 Å². The summed E-state index contributed by atoms with van der Waals surface area (Å²) in [5.74, 6) is 1.26. The Hall–Kier alpha value is -2.36. The van der Waals surface area contributed by atoms with Crippen LogP contribution in [-0.4, -0.2) is 41.0 Å². The molecule has 4 heteroatoms. The van der Waals surface area contributed by atoms with Crippen molar-refractivity contribution in [3.8, 4) is 0 Å². The van der Waals surface area contributed by atoms with Gasteiger partial charge in [-0.3, -0.25) is 9.78 Å². The molecule has 3 fully saturated rings. The van der Waals surface area contributed by atoms with Crippen LogP contribution < -0.4 is 4.90 Å². The molecule has 0 spiro atoms. The topological polar surface area (TPSA) is 36.4 Å². The summed E-state index contributed by atoms with van der Waals surface area (Å²) in [6.07, 6.45) is 10.4. The number of aromatic nitrogens is 1. The molecule has 152 valence electrons. The summed E-state index contributed by atoms with van der Waals surface area (Å²) in [5.41, 5.74) is 3.95. The maximum atomic E-state index is 13.5. The smallest absolute Gasteiger partial charge is 0.226 e. The van der Waals surface area contributed by atoms with E-state index >= 15 is 0 Å². The quantitative estimate of drug-likeness (QED) is 0.773. The third-order valence-corrected chi connectivity index (χ3v) is 7.43. The van der Waals surface area contributed by atoms with Crippen molar-refractivity contribution in [2.45, 2.75) is 63.5 Å². The number of benzene rings is 1. The van der Waals surface area contributed by atoms with Crippen LogP contribution in [0.25, 0.3) is 0 Å². The van der Waals surface area contributed by atoms with Gasteiger partial charge in [-0.05, 0) is 68.6 Å². The van der Waals surface area contributed by atoms with Gasteiger partial charge in [-0.1, -0.05) is 30.3 Å². The van der Waals surface area contributed by atoms with E-state index in [1.165, 1.54) is 29.7 Å². The molecule has 2 bridgehead atoms. The SMILES string of the molecule is Cc1cnccc1N1CCC(C(=O)N2[C@@H]3CC[C@H]2CC(c2ccccc2)C3)CC1. The van der Waals surface area contributed by atoms with Gasteiger partial charge in [0.2, 0.25) is 5.91 Å². The van der Waals surface area contributed by atoms with Gasteiger partial charge in [-0.25, -0.2) is 0 Å². The summed E-state index contributed by atoms with van der Waals surface area (Å²) in [6.45, 7) is 4.06. The normalized spacial score (nSPS) is 27.3. The van der Waals surface area contributed by atoms with Crippen molar-refractivity contribution < 1.29 is 4.79 Å². The summed E-state index contributed by atoms with van der Waals surface area (Å²) in [4.78, 5) is 22.4. The van der Waals surface area contributed by atoms with E-state index in [1.807, 2.05) is 12.4 Å². The minimum atomic E-state index is 0.199. The minimum Gasteiger partial charge on any atom is -0.371 e. The molecule has 29 heavy (non-hydrogen) atoms. The lowest BCUT2D eigenvalue weighted by molar-refractivity contribution is -0.141. The predicted molar refractivity (Wildman–Crippen MR) is 116 cm³/mol. The molecule has 5 rings (SSSR count). The van der Waals surface area contributed by atoms with Gasteiger partial charge < -0.3 is 9.80 Å². The number of pyridine rings is 1. The van der Waals surface area contributed by atoms with Gasteiger partial charge in [0.05, 0.1) is 0 Å². The van der Waals surface area contributed by atoms with Crippen LogP contribution in [-0.2, 0) is 4.79 Å². The number of hydrogen-bond donors (Lipinski definition) is 0. The number of aryl methyl sites for hydroxylation is 1. The zero-order valence-corrected chi connectivity index (χ0v) is 17.3. The fourth-order valence-corrected chi connectivity index (χ4v) is 5.93. The number of carbonyl (C=O) groups excluding carboxylic acids is 1. The molecule has 1 unspecified atom stereocenters. The molecule has 3 saturated heterocycles. The molecule has 3 aliphatic heterocycles. The molecular weight excluding hydrogens is 358 g/mol. The Morgan fingerprint density at radius 3 is 2.31 bits per heavy atom. The van der Waals surface area contributed by atoms with Crippen molar-refractivity contribution in [1.82, 2.24) is 9.88 Å². The lowest BCUT2D eigenvalue weighted by atomic mass is 9.84. The zero-order chi connectivity index (χ0) is 19.8. The Labute approximate surface area is 173 Å². The Morgan fingerprint density at radius 2 is 1.66 bits per heavy atom. The Morgan fingerprint density at radius 1 is 0.966 bits per heavy atom. The van der Waals surface area contributed by atoms with Crippen molar-refractivity contribution in [2.75, 3.05) is 18.0 Å². The van der Waals surface area contributed by atoms with E-state index in [4.69, 9.17) is 0 Å². The van der Waals surface area contributed by atoms with E-state index in [0.29, 0.717) is 23.9 Å². The molecule has 3 aliphatic rings. The van der Waals surface area contributed by atoms with Gasteiger partial charge in [0.1, 0.15) is 0 Å².